The molecule has 2 unspecified atom stereocenters. The van der Waals surface area contributed by atoms with Crippen molar-refractivity contribution in [2.75, 3.05) is 19.8 Å². The molecule has 2 amide bonds. The summed E-state index contributed by atoms with van der Waals surface area (Å²) in [6.45, 7) is 13.9. The Morgan fingerprint density at radius 3 is 2.74 bits per heavy atom. The second-order valence-corrected chi connectivity index (χ2v) is 13.8. The fraction of sp³-hybridized carbons (Fsp3) is 0.581. The van der Waals surface area contributed by atoms with Crippen LogP contribution in [-0.2, 0) is 25.8 Å². The van der Waals surface area contributed by atoms with Crippen molar-refractivity contribution in [3.8, 4) is 0 Å². The van der Waals surface area contributed by atoms with Gasteiger partial charge < -0.3 is 19.6 Å². The lowest BCUT2D eigenvalue weighted by atomic mass is 9.66. The number of esters is 1. The number of para-hydroxylation sites is 1. The standard InChI is InChI=1S/C31H41N5O5S/c1-6-9-17-41-29(40)25-24-27(38)36(23(18-37)20(4)8-3)26(31(24)15-14-30(25,5)42-31)28(39)34(16-7-2)19-35-22-13-11-10-12-21(22)32-33-35/h6-7,10-13,20,23-26,37H,1-2,8-9,14-19H2,3-5H3/t20-,23-,24-,25+,26?,30-,31?/m0/s1. The normalized spacial score (nSPS) is 29.4. The first-order valence-electron chi connectivity index (χ1n) is 14.8. The van der Waals surface area contributed by atoms with Gasteiger partial charge in [0.2, 0.25) is 11.8 Å². The Kier molecular flexibility index (Phi) is 8.53. The van der Waals surface area contributed by atoms with Gasteiger partial charge in [-0.3, -0.25) is 14.4 Å². The van der Waals surface area contributed by atoms with E-state index in [-0.39, 0.29) is 44.2 Å². The Hall–Kier alpha value is -3.18. The Balaban J connectivity index is 1.57. The lowest BCUT2D eigenvalue weighted by Crippen LogP contribution is -2.58. The van der Waals surface area contributed by atoms with E-state index in [2.05, 4.69) is 23.5 Å². The summed E-state index contributed by atoms with van der Waals surface area (Å²) in [5.74, 6) is -2.36. The van der Waals surface area contributed by atoms with Crippen LogP contribution in [0.5, 0.6) is 0 Å². The fourth-order valence-corrected chi connectivity index (χ4v) is 9.56. The molecule has 2 bridgehead atoms. The molecule has 2 aromatic rings. The van der Waals surface area contributed by atoms with Crippen molar-refractivity contribution in [3.63, 3.8) is 0 Å². The minimum Gasteiger partial charge on any atom is -0.465 e. The zero-order valence-electron chi connectivity index (χ0n) is 24.6. The highest BCUT2D eigenvalue weighted by molar-refractivity contribution is 8.02. The summed E-state index contributed by atoms with van der Waals surface area (Å²) >= 11 is 1.59. The number of likely N-dealkylation sites (tertiary alicyclic amines) is 1. The molecule has 1 aromatic heterocycles. The van der Waals surface area contributed by atoms with Crippen LogP contribution in [0, 0.1) is 17.8 Å². The molecule has 0 aliphatic carbocycles. The fourth-order valence-electron chi connectivity index (χ4n) is 7.23. The van der Waals surface area contributed by atoms with Crippen LogP contribution < -0.4 is 0 Å². The van der Waals surface area contributed by atoms with Crippen LogP contribution in [0.4, 0.5) is 0 Å². The van der Waals surface area contributed by atoms with E-state index >= 15 is 0 Å². The first-order chi connectivity index (χ1) is 20.2. The second kappa shape index (κ2) is 11.8. The number of aliphatic hydroxyl groups excluding tert-OH is 1. The van der Waals surface area contributed by atoms with Gasteiger partial charge in [0.25, 0.3) is 0 Å². The van der Waals surface area contributed by atoms with E-state index in [0.29, 0.717) is 31.2 Å². The summed E-state index contributed by atoms with van der Waals surface area (Å²) < 4.78 is 5.96. The molecule has 3 fully saturated rings. The molecule has 4 heterocycles. The zero-order valence-corrected chi connectivity index (χ0v) is 25.5. The summed E-state index contributed by atoms with van der Waals surface area (Å²) in [5, 5.41) is 19.1. The van der Waals surface area contributed by atoms with E-state index in [1.807, 2.05) is 45.0 Å². The number of fused-ring (bicyclic) bond motifs is 2. The molecule has 3 aliphatic heterocycles. The molecule has 5 rings (SSSR count). The van der Waals surface area contributed by atoms with Gasteiger partial charge in [-0.2, -0.15) is 0 Å². The summed E-state index contributed by atoms with van der Waals surface area (Å²) in [4.78, 5) is 46.2. The second-order valence-electron chi connectivity index (χ2n) is 11.9. The number of hydrogen-bond acceptors (Lipinski definition) is 8. The highest BCUT2D eigenvalue weighted by Crippen LogP contribution is 2.72. The Labute approximate surface area is 251 Å². The average molecular weight is 596 g/mol. The Bertz CT molecular complexity index is 1380. The number of carbonyl (C=O) groups is 3. The monoisotopic (exact) mass is 595 g/mol. The number of hydrogen-bond donors (Lipinski definition) is 1. The molecule has 3 saturated heterocycles. The van der Waals surface area contributed by atoms with Crippen LogP contribution in [0.25, 0.3) is 11.0 Å². The van der Waals surface area contributed by atoms with E-state index < -0.39 is 39.4 Å². The number of ether oxygens (including phenoxy) is 1. The van der Waals surface area contributed by atoms with Crippen molar-refractivity contribution in [2.45, 2.75) is 74.7 Å². The third-order valence-corrected chi connectivity index (χ3v) is 11.5. The number of thioether (sulfide) groups is 1. The van der Waals surface area contributed by atoms with Crippen LogP contribution in [-0.4, -0.2) is 89.0 Å². The number of nitrogens with zero attached hydrogens (tertiary/aromatic N) is 5. The van der Waals surface area contributed by atoms with Gasteiger partial charge in [-0.15, -0.1) is 30.0 Å². The van der Waals surface area contributed by atoms with Crippen molar-refractivity contribution in [3.05, 3.63) is 49.6 Å². The maximum atomic E-state index is 14.8. The molecule has 11 heteroatoms. The molecule has 1 aromatic carbocycles. The van der Waals surface area contributed by atoms with Gasteiger partial charge in [0.1, 0.15) is 18.2 Å². The number of amides is 2. The molecule has 7 atom stereocenters. The van der Waals surface area contributed by atoms with Crippen LogP contribution in [0.1, 0.15) is 46.5 Å². The maximum Gasteiger partial charge on any atom is 0.311 e. The van der Waals surface area contributed by atoms with Gasteiger partial charge in [0, 0.05) is 11.3 Å². The number of benzene rings is 1. The number of aromatic nitrogens is 3. The molecule has 0 saturated carbocycles. The molecular weight excluding hydrogens is 554 g/mol. The Morgan fingerprint density at radius 1 is 1.29 bits per heavy atom. The lowest BCUT2D eigenvalue weighted by Gasteiger charge is -2.41. The van der Waals surface area contributed by atoms with Gasteiger partial charge in [-0.1, -0.05) is 49.8 Å². The van der Waals surface area contributed by atoms with Gasteiger partial charge >= 0.3 is 5.97 Å². The van der Waals surface area contributed by atoms with Crippen LogP contribution in [0.15, 0.2) is 49.6 Å². The smallest absolute Gasteiger partial charge is 0.311 e. The first kappa shape index (κ1) is 30.3. The van der Waals surface area contributed by atoms with Crippen LogP contribution >= 0.6 is 11.8 Å². The number of rotatable bonds is 13. The van der Waals surface area contributed by atoms with E-state index in [9.17, 15) is 19.5 Å². The van der Waals surface area contributed by atoms with Crippen molar-refractivity contribution >= 4 is 40.6 Å². The largest absolute Gasteiger partial charge is 0.465 e. The van der Waals surface area contributed by atoms with Crippen molar-refractivity contribution < 1.29 is 24.2 Å². The minimum absolute atomic E-state index is 0.0626. The minimum atomic E-state index is -0.867. The SMILES string of the molecule is C=CCCOC(=O)[C@H]1[C@H]2C(=O)N([C@@H](CO)[C@@H](C)CC)C(C(=O)N(CC=C)Cn3nnc4ccccc43)C23CC[C@]1(C)S3. The number of carbonyl (C=O) groups excluding carboxylic acids is 3. The summed E-state index contributed by atoms with van der Waals surface area (Å²) in [6, 6.07) is 6.10. The molecule has 10 nitrogen and oxygen atoms in total. The highest BCUT2D eigenvalue weighted by Gasteiger charge is 2.78. The molecule has 0 radical (unpaired) electrons. The zero-order chi connectivity index (χ0) is 30.2. The lowest BCUT2D eigenvalue weighted by molar-refractivity contribution is -0.156. The van der Waals surface area contributed by atoms with Crippen LogP contribution in [0.2, 0.25) is 0 Å². The summed E-state index contributed by atoms with van der Waals surface area (Å²) in [6.07, 6.45) is 5.88. The third kappa shape index (κ3) is 4.74. The van der Waals surface area contributed by atoms with Gasteiger partial charge in [0.05, 0.1) is 41.4 Å². The highest BCUT2D eigenvalue weighted by atomic mass is 32.2. The van der Waals surface area contributed by atoms with Gasteiger partial charge in [-0.25, -0.2) is 4.68 Å². The van der Waals surface area contributed by atoms with Crippen LogP contribution in [0.3, 0.4) is 0 Å². The van der Waals surface area contributed by atoms with E-state index in [4.69, 9.17) is 4.74 Å². The molecular formula is C31H41N5O5S. The topological polar surface area (TPSA) is 118 Å². The van der Waals surface area contributed by atoms with Gasteiger partial charge in [0.15, 0.2) is 0 Å². The first-order valence-corrected chi connectivity index (χ1v) is 15.6. The predicted molar refractivity (Wildman–Crippen MR) is 161 cm³/mol. The predicted octanol–water partition coefficient (Wildman–Crippen LogP) is 3.41. The van der Waals surface area contributed by atoms with Crippen molar-refractivity contribution in [1.82, 2.24) is 24.8 Å². The van der Waals surface area contributed by atoms with E-state index in [0.717, 1.165) is 5.52 Å². The molecule has 42 heavy (non-hydrogen) atoms. The summed E-state index contributed by atoms with van der Waals surface area (Å²) in [7, 11) is 0. The quantitative estimate of drug-likeness (QED) is 0.213. The number of aliphatic hydroxyl groups is 1. The van der Waals surface area contributed by atoms with Crippen molar-refractivity contribution in [2.24, 2.45) is 17.8 Å². The summed E-state index contributed by atoms with van der Waals surface area (Å²) in [5.41, 5.74) is 1.50. The van der Waals surface area contributed by atoms with E-state index in [1.54, 1.807) is 38.4 Å². The molecule has 3 aliphatic rings. The Morgan fingerprint density at radius 2 is 2.05 bits per heavy atom. The average Bonchev–Trinajstić information content (AvgIpc) is 3.69. The molecule has 1 N–H and O–H groups in total. The van der Waals surface area contributed by atoms with Crippen molar-refractivity contribution in [1.29, 1.82) is 0 Å². The molecule has 1 spiro atoms. The third-order valence-electron chi connectivity index (χ3n) is 9.50. The van der Waals surface area contributed by atoms with Gasteiger partial charge in [-0.05, 0) is 44.2 Å². The molecule has 226 valence electrons. The van der Waals surface area contributed by atoms with E-state index in [1.165, 1.54) is 0 Å². The maximum absolute atomic E-state index is 14.8.